The Kier molecular flexibility index (Phi) is 2.14. The van der Waals surface area contributed by atoms with Crippen LogP contribution in [0.5, 0.6) is 0 Å². The Morgan fingerprint density at radius 2 is 2.19 bits per heavy atom. The van der Waals surface area contributed by atoms with Gasteiger partial charge in [0.1, 0.15) is 0 Å². The molecule has 1 heterocycles. The fourth-order valence-corrected chi connectivity index (χ4v) is 2.13. The molecule has 16 heavy (non-hydrogen) atoms. The molecule has 1 aromatic heterocycles. The van der Waals surface area contributed by atoms with E-state index < -0.39 is 0 Å². The standard InChI is InChI=1S/C13H17N3/c1-16-12(8-15-11-3-4-11)7-9-6-10(14)2-5-13(9)16/h2,5-7,11,15H,3-4,8,14H2,1H3. The van der Waals surface area contributed by atoms with Gasteiger partial charge in [0.25, 0.3) is 0 Å². The number of nitrogen functional groups attached to an aromatic ring is 1. The molecule has 1 aliphatic rings. The van der Waals surface area contributed by atoms with Gasteiger partial charge in [-0.1, -0.05) is 0 Å². The van der Waals surface area contributed by atoms with Crippen molar-refractivity contribution in [1.29, 1.82) is 0 Å². The summed E-state index contributed by atoms with van der Waals surface area (Å²) in [6.07, 6.45) is 2.66. The number of nitrogens with zero attached hydrogens (tertiary/aromatic N) is 1. The van der Waals surface area contributed by atoms with Crippen LogP contribution in [-0.4, -0.2) is 10.6 Å². The molecule has 0 amide bonds. The average molecular weight is 215 g/mol. The monoisotopic (exact) mass is 215 g/mol. The van der Waals surface area contributed by atoms with Crippen LogP contribution in [0.25, 0.3) is 10.9 Å². The second-order valence-electron chi connectivity index (χ2n) is 4.67. The summed E-state index contributed by atoms with van der Waals surface area (Å²) < 4.78 is 2.24. The fourth-order valence-electron chi connectivity index (χ4n) is 2.13. The third-order valence-electron chi connectivity index (χ3n) is 3.32. The van der Waals surface area contributed by atoms with E-state index >= 15 is 0 Å². The fraction of sp³-hybridized carbons (Fsp3) is 0.385. The number of rotatable bonds is 3. The molecule has 1 aliphatic carbocycles. The number of anilines is 1. The molecule has 0 spiro atoms. The first-order valence-electron chi connectivity index (χ1n) is 5.81. The Labute approximate surface area is 95.2 Å². The van der Waals surface area contributed by atoms with E-state index in [1.807, 2.05) is 12.1 Å². The van der Waals surface area contributed by atoms with Gasteiger partial charge in [-0.15, -0.1) is 0 Å². The number of hydrogen-bond donors (Lipinski definition) is 2. The predicted molar refractivity (Wildman–Crippen MR) is 67.2 cm³/mol. The predicted octanol–water partition coefficient (Wildman–Crippen LogP) is 2.01. The van der Waals surface area contributed by atoms with Crippen molar-refractivity contribution in [2.45, 2.75) is 25.4 Å². The van der Waals surface area contributed by atoms with Crippen molar-refractivity contribution in [1.82, 2.24) is 9.88 Å². The van der Waals surface area contributed by atoms with Crippen LogP contribution in [0.15, 0.2) is 24.3 Å². The minimum Gasteiger partial charge on any atom is -0.399 e. The molecule has 0 unspecified atom stereocenters. The van der Waals surface area contributed by atoms with Crippen molar-refractivity contribution >= 4 is 16.6 Å². The topological polar surface area (TPSA) is 43.0 Å². The maximum absolute atomic E-state index is 5.79. The molecule has 2 aromatic rings. The van der Waals surface area contributed by atoms with E-state index in [1.165, 1.54) is 29.4 Å². The maximum Gasteiger partial charge on any atom is 0.0481 e. The number of aryl methyl sites for hydroxylation is 1. The molecule has 3 nitrogen and oxygen atoms in total. The van der Waals surface area contributed by atoms with E-state index in [0.717, 1.165) is 18.3 Å². The van der Waals surface area contributed by atoms with E-state index in [4.69, 9.17) is 5.73 Å². The van der Waals surface area contributed by atoms with Crippen molar-refractivity contribution in [2.24, 2.45) is 7.05 Å². The van der Waals surface area contributed by atoms with Crippen molar-refractivity contribution in [3.05, 3.63) is 30.0 Å². The summed E-state index contributed by atoms with van der Waals surface area (Å²) in [5, 5.41) is 4.77. The van der Waals surface area contributed by atoms with Crippen LogP contribution in [0, 0.1) is 0 Å². The molecular weight excluding hydrogens is 198 g/mol. The van der Waals surface area contributed by atoms with E-state index in [0.29, 0.717) is 0 Å². The van der Waals surface area contributed by atoms with Gasteiger partial charge in [0.15, 0.2) is 0 Å². The largest absolute Gasteiger partial charge is 0.399 e. The van der Waals surface area contributed by atoms with E-state index in [1.54, 1.807) is 0 Å². The summed E-state index contributed by atoms with van der Waals surface area (Å²) in [7, 11) is 2.11. The molecule has 0 bridgehead atoms. The Morgan fingerprint density at radius 1 is 1.38 bits per heavy atom. The Hall–Kier alpha value is -1.48. The molecule has 3 heteroatoms. The lowest BCUT2D eigenvalue weighted by atomic mass is 10.2. The molecule has 0 aliphatic heterocycles. The first-order chi connectivity index (χ1) is 7.74. The average Bonchev–Trinajstić information content (AvgIpc) is 3.03. The molecule has 3 rings (SSSR count). The van der Waals surface area contributed by atoms with Gasteiger partial charge in [-0.2, -0.15) is 0 Å². The first kappa shape index (κ1) is 9.73. The molecular formula is C13H17N3. The van der Waals surface area contributed by atoms with E-state index in [2.05, 4.69) is 29.1 Å². The Morgan fingerprint density at radius 3 is 2.94 bits per heavy atom. The second-order valence-corrected chi connectivity index (χ2v) is 4.67. The van der Waals surface area contributed by atoms with E-state index in [-0.39, 0.29) is 0 Å². The van der Waals surface area contributed by atoms with Crippen molar-refractivity contribution < 1.29 is 0 Å². The third kappa shape index (κ3) is 1.67. The molecule has 1 fully saturated rings. The second kappa shape index (κ2) is 3.52. The van der Waals surface area contributed by atoms with Crippen LogP contribution in [0.4, 0.5) is 5.69 Å². The smallest absolute Gasteiger partial charge is 0.0481 e. The molecule has 1 aromatic carbocycles. The number of benzene rings is 1. The number of fused-ring (bicyclic) bond motifs is 1. The number of aromatic nitrogens is 1. The van der Waals surface area contributed by atoms with Crippen molar-refractivity contribution in [2.75, 3.05) is 5.73 Å². The summed E-state index contributed by atoms with van der Waals surface area (Å²) in [6.45, 7) is 0.954. The summed E-state index contributed by atoms with van der Waals surface area (Å²) >= 11 is 0. The number of nitrogens with two attached hydrogens (primary N) is 1. The summed E-state index contributed by atoms with van der Waals surface area (Å²) in [6, 6.07) is 9.06. The van der Waals surface area contributed by atoms with Gasteiger partial charge < -0.3 is 15.6 Å². The van der Waals surface area contributed by atoms with Crippen molar-refractivity contribution in [3.8, 4) is 0 Å². The molecule has 84 valence electrons. The quantitative estimate of drug-likeness (QED) is 0.769. The minimum atomic E-state index is 0.753. The van der Waals surface area contributed by atoms with Crippen LogP contribution in [0.3, 0.4) is 0 Å². The highest BCUT2D eigenvalue weighted by molar-refractivity contribution is 5.84. The first-order valence-corrected chi connectivity index (χ1v) is 5.81. The summed E-state index contributed by atoms with van der Waals surface area (Å²) in [5.74, 6) is 0. The summed E-state index contributed by atoms with van der Waals surface area (Å²) in [4.78, 5) is 0. The zero-order chi connectivity index (χ0) is 11.1. The molecule has 3 N–H and O–H groups in total. The van der Waals surface area contributed by atoms with Crippen LogP contribution < -0.4 is 11.1 Å². The molecule has 0 atom stereocenters. The molecule has 1 saturated carbocycles. The molecule has 0 radical (unpaired) electrons. The zero-order valence-electron chi connectivity index (χ0n) is 9.53. The SMILES string of the molecule is Cn1c(CNC2CC2)cc2cc(N)ccc21. The molecule has 0 saturated heterocycles. The Bertz CT molecular complexity index is 523. The van der Waals surface area contributed by atoms with Gasteiger partial charge in [0, 0.05) is 41.9 Å². The maximum atomic E-state index is 5.79. The zero-order valence-corrected chi connectivity index (χ0v) is 9.53. The van der Waals surface area contributed by atoms with Crippen molar-refractivity contribution in [3.63, 3.8) is 0 Å². The lowest BCUT2D eigenvalue weighted by molar-refractivity contribution is 0.655. The van der Waals surface area contributed by atoms with Gasteiger partial charge in [0.05, 0.1) is 0 Å². The Balaban J connectivity index is 1.94. The van der Waals surface area contributed by atoms with E-state index in [9.17, 15) is 0 Å². The van der Waals surface area contributed by atoms with Crippen LogP contribution in [0.1, 0.15) is 18.5 Å². The normalized spacial score (nSPS) is 15.8. The number of hydrogen-bond acceptors (Lipinski definition) is 2. The van der Waals surface area contributed by atoms with Crippen LogP contribution in [-0.2, 0) is 13.6 Å². The van der Waals surface area contributed by atoms with Gasteiger partial charge in [0.2, 0.25) is 0 Å². The third-order valence-corrected chi connectivity index (χ3v) is 3.32. The summed E-state index contributed by atoms with van der Waals surface area (Å²) in [5.41, 5.74) is 9.20. The van der Waals surface area contributed by atoms with Gasteiger partial charge in [-0.25, -0.2) is 0 Å². The van der Waals surface area contributed by atoms with Crippen LogP contribution >= 0.6 is 0 Å². The van der Waals surface area contributed by atoms with Gasteiger partial charge in [-0.05, 0) is 37.1 Å². The highest BCUT2D eigenvalue weighted by atomic mass is 15.0. The minimum absolute atomic E-state index is 0.753. The van der Waals surface area contributed by atoms with Crippen LogP contribution in [0.2, 0.25) is 0 Å². The lowest BCUT2D eigenvalue weighted by Crippen LogP contribution is -2.17. The highest BCUT2D eigenvalue weighted by Gasteiger charge is 2.20. The number of nitrogens with one attached hydrogen (secondary N) is 1. The lowest BCUT2D eigenvalue weighted by Gasteiger charge is -2.05. The van der Waals surface area contributed by atoms with Gasteiger partial charge in [-0.3, -0.25) is 0 Å². The highest BCUT2D eigenvalue weighted by Crippen LogP contribution is 2.23. The van der Waals surface area contributed by atoms with Gasteiger partial charge >= 0.3 is 0 Å².